The van der Waals surface area contributed by atoms with E-state index in [0.717, 1.165) is 19.3 Å². The standard InChI is InChI=1S/C19H24ClN3O6S2/c1-13(29-18(25)10-22-12-30-11-17(22)24)19(26)21-16-9-14(5-6-15(16)20)31(27,28)23-7-3-2-4-8-23/h5-6,9,13H,2-4,7-8,10-12H2,1H3,(H,21,26)/t13-/m0/s1. The van der Waals surface area contributed by atoms with Gasteiger partial charge < -0.3 is 15.0 Å². The molecule has 0 aliphatic carbocycles. The molecule has 2 fully saturated rings. The molecule has 0 bridgehead atoms. The Morgan fingerprint density at radius 2 is 1.97 bits per heavy atom. The van der Waals surface area contributed by atoms with Crippen molar-refractivity contribution in [3.05, 3.63) is 23.2 Å². The molecule has 1 N–H and O–H groups in total. The third-order valence-electron chi connectivity index (χ3n) is 4.97. The number of nitrogens with one attached hydrogen (secondary N) is 1. The van der Waals surface area contributed by atoms with E-state index in [1.165, 1.54) is 46.1 Å². The maximum absolute atomic E-state index is 12.9. The van der Waals surface area contributed by atoms with Crippen LogP contribution in [0.25, 0.3) is 0 Å². The van der Waals surface area contributed by atoms with Gasteiger partial charge in [-0.15, -0.1) is 11.8 Å². The molecular formula is C19H24ClN3O6S2. The van der Waals surface area contributed by atoms with E-state index in [4.69, 9.17) is 16.3 Å². The lowest BCUT2D eigenvalue weighted by Gasteiger charge is -2.26. The zero-order valence-corrected chi connectivity index (χ0v) is 19.4. The van der Waals surface area contributed by atoms with E-state index < -0.39 is 28.0 Å². The van der Waals surface area contributed by atoms with Gasteiger partial charge in [-0.2, -0.15) is 4.31 Å². The lowest BCUT2D eigenvalue weighted by molar-refractivity contribution is -0.155. The smallest absolute Gasteiger partial charge is 0.326 e. The molecule has 2 heterocycles. The van der Waals surface area contributed by atoms with Gasteiger partial charge in [-0.05, 0) is 38.0 Å². The first kappa shape index (κ1) is 23.8. The molecule has 0 unspecified atom stereocenters. The van der Waals surface area contributed by atoms with Crippen molar-refractivity contribution < 1.29 is 27.5 Å². The summed E-state index contributed by atoms with van der Waals surface area (Å²) in [7, 11) is -3.70. The van der Waals surface area contributed by atoms with Gasteiger partial charge in [-0.3, -0.25) is 14.4 Å². The molecule has 3 rings (SSSR count). The van der Waals surface area contributed by atoms with Crippen molar-refractivity contribution in [2.24, 2.45) is 0 Å². The Labute approximate surface area is 190 Å². The number of piperidine rings is 1. The average Bonchev–Trinajstić information content (AvgIpc) is 3.14. The summed E-state index contributed by atoms with van der Waals surface area (Å²) in [5, 5.41) is 2.67. The zero-order chi connectivity index (χ0) is 22.6. The summed E-state index contributed by atoms with van der Waals surface area (Å²) in [6.45, 7) is 2.07. The number of hydrogen-bond acceptors (Lipinski definition) is 7. The van der Waals surface area contributed by atoms with Crippen LogP contribution >= 0.6 is 23.4 Å². The summed E-state index contributed by atoms with van der Waals surface area (Å²) < 4.78 is 32.3. The molecule has 9 nitrogen and oxygen atoms in total. The first-order valence-electron chi connectivity index (χ1n) is 9.84. The summed E-state index contributed by atoms with van der Waals surface area (Å²) in [5.74, 6) is -0.797. The van der Waals surface area contributed by atoms with Gasteiger partial charge in [0.2, 0.25) is 15.9 Å². The lowest BCUT2D eigenvalue weighted by Crippen LogP contribution is -2.37. The number of carbonyl (C=O) groups excluding carboxylic acids is 3. The number of benzene rings is 1. The Hall–Kier alpha value is -1.82. The predicted octanol–water partition coefficient (Wildman–Crippen LogP) is 1.92. The van der Waals surface area contributed by atoms with Crippen molar-refractivity contribution in [3.63, 3.8) is 0 Å². The van der Waals surface area contributed by atoms with Crippen molar-refractivity contribution in [2.45, 2.75) is 37.2 Å². The second-order valence-corrected chi connectivity index (χ2v) is 10.6. The van der Waals surface area contributed by atoms with Gasteiger partial charge in [0.1, 0.15) is 6.54 Å². The monoisotopic (exact) mass is 489 g/mol. The predicted molar refractivity (Wildman–Crippen MR) is 117 cm³/mol. The van der Waals surface area contributed by atoms with Crippen LogP contribution in [0.5, 0.6) is 0 Å². The molecule has 2 amide bonds. The Kier molecular flexibility index (Phi) is 7.84. The van der Waals surface area contributed by atoms with E-state index in [2.05, 4.69) is 5.32 Å². The first-order chi connectivity index (χ1) is 14.7. The third kappa shape index (κ3) is 5.91. The number of hydrogen-bond donors (Lipinski definition) is 1. The molecule has 2 saturated heterocycles. The minimum Gasteiger partial charge on any atom is -0.451 e. The number of halogens is 1. The molecule has 1 aromatic rings. The van der Waals surface area contributed by atoms with Crippen molar-refractivity contribution >= 4 is 56.9 Å². The van der Waals surface area contributed by atoms with Crippen LogP contribution in [0.4, 0.5) is 5.69 Å². The lowest BCUT2D eigenvalue weighted by atomic mass is 10.2. The second-order valence-electron chi connectivity index (χ2n) is 7.30. The number of amides is 2. The van der Waals surface area contributed by atoms with E-state index in [1.807, 2.05) is 0 Å². The van der Waals surface area contributed by atoms with E-state index in [1.54, 1.807) is 0 Å². The summed E-state index contributed by atoms with van der Waals surface area (Å²) in [4.78, 5) is 37.5. The summed E-state index contributed by atoms with van der Waals surface area (Å²) in [6, 6.07) is 4.11. The number of ether oxygens (including phenoxy) is 1. The highest BCUT2D eigenvalue weighted by Crippen LogP contribution is 2.28. The summed E-state index contributed by atoms with van der Waals surface area (Å²) in [5.41, 5.74) is 0.110. The Morgan fingerprint density at radius 1 is 1.26 bits per heavy atom. The van der Waals surface area contributed by atoms with E-state index in [-0.39, 0.29) is 28.1 Å². The molecule has 31 heavy (non-hydrogen) atoms. The van der Waals surface area contributed by atoms with E-state index >= 15 is 0 Å². The molecule has 0 radical (unpaired) electrons. The van der Waals surface area contributed by atoms with Gasteiger partial charge in [0.05, 0.1) is 27.2 Å². The van der Waals surface area contributed by atoms with Crippen LogP contribution in [-0.4, -0.2) is 72.8 Å². The SMILES string of the molecule is C[C@H](OC(=O)CN1CSCC1=O)C(=O)Nc1cc(S(=O)(=O)N2CCCCC2)ccc1Cl. The van der Waals surface area contributed by atoms with Crippen LogP contribution in [0.3, 0.4) is 0 Å². The molecular weight excluding hydrogens is 466 g/mol. The van der Waals surface area contributed by atoms with Crippen LogP contribution in [0.2, 0.25) is 5.02 Å². The Balaban J connectivity index is 1.64. The fourth-order valence-corrected chi connectivity index (χ4v) is 5.85. The van der Waals surface area contributed by atoms with Gasteiger partial charge in [0.15, 0.2) is 6.10 Å². The number of carbonyl (C=O) groups is 3. The average molecular weight is 490 g/mol. The molecule has 2 aliphatic rings. The normalized spacial score (nSPS) is 18.6. The maximum atomic E-state index is 12.9. The van der Waals surface area contributed by atoms with Crippen molar-refractivity contribution in [1.29, 1.82) is 0 Å². The highest BCUT2D eigenvalue weighted by molar-refractivity contribution is 8.00. The Morgan fingerprint density at radius 3 is 2.61 bits per heavy atom. The number of rotatable bonds is 7. The van der Waals surface area contributed by atoms with Gasteiger partial charge in [-0.25, -0.2) is 8.42 Å². The number of nitrogens with zero attached hydrogens (tertiary/aromatic N) is 2. The largest absolute Gasteiger partial charge is 0.451 e. The van der Waals surface area contributed by atoms with Crippen molar-refractivity contribution in [1.82, 2.24) is 9.21 Å². The first-order valence-corrected chi connectivity index (χ1v) is 12.8. The third-order valence-corrected chi connectivity index (χ3v) is 8.14. The number of anilines is 1. The summed E-state index contributed by atoms with van der Waals surface area (Å²) >= 11 is 7.54. The van der Waals surface area contributed by atoms with Crippen LogP contribution in [0.1, 0.15) is 26.2 Å². The topological polar surface area (TPSA) is 113 Å². The molecule has 1 atom stereocenters. The highest BCUT2D eigenvalue weighted by atomic mass is 35.5. The van der Waals surface area contributed by atoms with Gasteiger partial charge in [0, 0.05) is 13.1 Å². The zero-order valence-electron chi connectivity index (χ0n) is 17.0. The van der Waals surface area contributed by atoms with Gasteiger partial charge >= 0.3 is 5.97 Å². The van der Waals surface area contributed by atoms with Crippen molar-refractivity contribution in [3.8, 4) is 0 Å². The molecule has 1 aromatic carbocycles. The number of esters is 1. The molecule has 0 saturated carbocycles. The fraction of sp³-hybridized carbons (Fsp3) is 0.526. The van der Waals surface area contributed by atoms with Crippen LogP contribution in [0, 0.1) is 0 Å². The van der Waals surface area contributed by atoms with Gasteiger partial charge in [0.25, 0.3) is 5.91 Å². The van der Waals surface area contributed by atoms with Crippen LogP contribution in [-0.2, 0) is 29.1 Å². The molecule has 0 spiro atoms. The number of sulfonamides is 1. The quantitative estimate of drug-likeness (QED) is 0.582. The molecule has 2 aliphatic heterocycles. The summed E-state index contributed by atoms with van der Waals surface area (Å²) in [6.07, 6.45) is 1.45. The van der Waals surface area contributed by atoms with Crippen LogP contribution in [0.15, 0.2) is 23.1 Å². The fourth-order valence-electron chi connectivity index (χ4n) is 3.23. The van der Waals surface area contributed by atoms with E-state index in [0.29, 0.717) is 24.7 Å². The van der Waals surface area contributed by atoms with E-state index in [9.17, 15) is 22.8 Å². The molecule has 0 aromatic heterocycles. The minimum atomic E-state index is -3.70. The highest BCUT2D eigenvalue weighted by Gasteiger charge is 2.28. The van der Waals surface area contributed by atoms with Crippen molar-refractivity contribution in [2.75, 3.05) is 36.6 Å². The maximum Gasteiger partial charge on any atom is 0.326 e. The molecule has 12 heteroatoms. The Bertz CT molecular complexity index is 965. The second kappa shape index (κ2) is 10.2. The number of thioether (sulfide) groups is 1. The molecule has 170 valence electrons. The van der Waals surface area contributed by atoms with Gasteiger partial charge in [-0.1, -0.05) is 18.0 Å². The minimum absolute atomic E-state index is 0.0313. The van der Waals surface area contributed by atoms with Crippen LogP contribution < -0.4 is 5.32 Å².